The van der Waals surface area contributed by atoms with Crippen molar-refractivity contribution in [3.8, 4) is 5.75 Å². The van der Waals surface area contributed by atoms with Gasteiger partial charge >= 0.3 is 18.2 Å². The van der Waals surface area contributed by atoms with Gasteiger partial charge in [-0.05, 0) is 65.7 Å². The number of esters is 1. The van der Waals surface area contributed by atoms with E-state index in [1.165, 1.54) is 12.1 Å². The lowest BCUT2D eigenvalue weighted by Crippen LogP contribution is -2.64. The van der Waals surface area contributed by atoms with Gasteiger partial charge in [0.05, 0.1) is 0 Å². The first kappa shape index (κ1) is 35.7. The van der Waals surface area contributed by atoms with E-state index < -0.39 is 78.6 Å². The first-order chi connectivity index (χ1) is 19.9. The summed E-state index contributed by atoms with van der Waals surface area (Å²) < 4.78 is 26.2. The van der Waals surface area contributed by atoms with E-state index in [4.69, 9.17) is 23.7 Å². The number of alkyl carbamates (subject to hydrolysis) is 1. The third-order valence-corrected chi connectivity index (χ3v) is 5.84. The first-order valence-electron chi connectivity index (χ1n) is 14.0. The van der Waals surface area contributed by atoms with Crippen LogP contribution in [0.1, 0.15) is 66.9 Å². The molecule has 2 amide bonds. The highest BCUT2D eigenvalue weighted by Crippen LogP contribution is 2.22. The van der Waals surface area contributed by atoms with Crippen molar-refractivity contribution in [1.82, 2.24) is 10.6 Å². The van der Waals surface area contributed by atoms with Crippen molar-refractivity contribution in [2.24, 2.45) is 0 Å². The van der Waals surface area contributed by atoms with Gasteiger partial charge < -0.3 is 49.6 Å². The van der Waals surface area contributed by atoms with E-state index in [2.05, 4.69) is 10.6 Å². The number of nitrogens with one attached hydrogen (secondary N) is 2. The van der Waals surface area contributed by atoms with Gasteiger partial charge in [-0.2, -0.15) is 0 Å². The molecule has 0 aliphatic carbocycles. The smallest absolute Gasteiger partial charge is 0.461 e. The van der Waals surface area contributed by atoms with Crippen molar-refractivity contribution >= 4 is 24.1 Å². The molecular formula is C29H44N2O12. The molecular weight excluding hydrogens is 568 g/mol. The minimum Gasteiger partial charge on any atom is -0.461 e. The van der Waals surface area contributed by atoms with E-state index >= 15 is 0 Å². The van der Waals surface area contributed by atoms with Crippen LogP contribution in [0.15, 0.2) is 24.3 Å². The van der Waals surface area contributed by atoms with Crippen molar-refractivity contribution in [2.45, 2.75) is 116 Å². The van der Waals surface area contributed by atoms with Crippen molar-refractivity contribution in [1.29, 1.82) is 0 Å². The van der Waals surface area contributed by atoms with Crippen LogP contribution in [0.2, 0.25) is 0 Å². The molecule has 1 aromatic carbocycles. The Hall–Kier alpha value is -3.46. The van der Waals surface area contributed by atoms with Gasteiger partial charge in [-0.3, -0.25) is 4.79 Å². The second-order valence-electron chi connectivity index (χ2n) is 12.1. The van der Waals surface area contributed by atoms with Crippen LogP contribution in [0.4, 0.5) is 9.59 Å². The third-order valence-electron chi connectivity index (χ3n) is 5.84. The summed E-state index contributed by atoms with van der Waals surface area (Å²) >= 11 is 0. The lowest BCUT2D eigenvalue weighted by molar-refractivity contribution is -0.255. The van der Waals surface area contributed by atoms with Crippen molar-refractivity contribution in [3.63, 3.8) is 0 Å². The molecule has 6 atom stereocenters. The van der Waals surface area contributed by atoms with E-state index in [0.29, 0.717) is 12.0 Å². The molecule has 5 N–H and O–H groups in total. The molecule has 1 fully saturated rings. The number of benzene rings is 1. The summed E-state index contributed by atoms with van der Waals surface area (Å²) in [5.74, 6) is -1.16. The monoisotopic (exact) mass is 612 g/mol. The number of amides is 2. The molecule has 242 valence electrons. The quantitative estimate of drug-likeness (QED) is 0.146. The highest BCUT2D eigenvalue weighted by molar-refractivity contribution is 5.82. The number of hydrogen-bond acceptors (Lipinski definition) is 12. The molecule has 0 bridgehead atoms. The SMILES string of the molecule is CCCC(=O)N[C@H]1C(O)O[C@H](COC(=O)C(Cc2ccc(OC(=O)OC(C)(C)C)cc2)NC(=O)OC(C)(C)C)[C@@H](O)[C@@H]1O. The normalized spacial score (nSPS) is 23.0. The molecule has 0 saturated carbocycles. The number of carbonyl (C=O) groups excluding carboxylic acids is 4. The molecule has 2 rings (SSSR count). The molecule has 14 heteroatoms. The lowest BCUT2D eigenvalue weighted by Gasteiger charge is -2.40. The summed E-state index contributed by atoms with van der Waals surface area (Å²) in [5, 5.41) is 36.2. The van der Waals surface area contributed by atoms with Gasteiger partial charge in [0.25, 0.3) is 0 Å². The van der Waals surface area contributed by atoms with E-state index in [-0.39, 0.29) is 18.6 Å². The predicted molar refractivity (Wildman–Crippen MR) is 151 cm³/mol. The lowest BCUT2D eigenvalue weighted by atomic mass is 9.97. The average Bonchev–Trinajstić information content (AvgIpc) is 2.86. The van der Waals surface area contributed by atoms with Crippen LogP contribution in [0.25, 0.3) is 0 Å². The van der Waals surface area contributed by atoms with Crippen LogP contribution in [0, 0.1) is 0 Å². The number of ether oxygens (including phenoxy) is 5. The Labute approximate surface area is 251 Å². The molecule has 43 heavy (non-hydrogen) atoms. The maximum atomic E-state index is 13.1. The molecule has 1 saturated heterocycles. The second kappa shape index (κ2) is 15.3. The molecule has 1 aliphatic heterocycles. The molecule has 1 heterocycles. The van der Waals surface area contributed by atoms with Gasteiger partial charge in [0.15, 0.2) is 6.29 Å². The fraction of sp³-hybridized carbons (Fsp3) is 0.655. The number of rotatable bonds is 10. The topological polar surface area (TPSA) is 199 Å². The molecule has 1 aromatic rings. The van der Waals surface area contributed by atoms with Gasteiger partial charge in [0.2, 0.25) is 5.91 Å². The predicted octanol–water partition coefficient (Wildman–Crippen LogP) is 1.70. The van der Waals surface area contributed by atoms with Gasteiger partial charge in [-0.1, -0.05) is 19.1 Å². The summed E-state index contributed by atoms with van der Waals surface area (Å²) in [6, 6.07) is 3.57. The largest absolute Gasteiger partial charge is 0.514 e. The fourth-order valence-electron chi connectivity index (χ4n) is 3.93. The molecule has 2 unspecified atom stereocenters. The van der Waals surface area contributed by atoms with E-state index in [1.54, 1.807) is 60.6 Å². The van der Waals surface area contributed by atoms with E-state index in [9.17, 15) is 34.5 Å². The molecule has 0 aromatic heterocycles. The maximum Gasteiger partial charge on any atom is 0.514 e. The summed E-state index contributed by atoms with van der Waals surface area (Å²) in [6.45, 7) is 11.3. The van der Waals surface area contributed by atoms with Crippen molar-refractivity contribution < 1.29 is 58.2 Å². The average molecular weight is 613 g/mol. The summed E-state index contributed by atoms with van der Waals surface area (Å²) in [7, 11) is 0. The summed E-state index contributed by atoms with van der Waals surface area (Å²) in [6.07, 6.45) is -7.37. The van der Waals surface area contributed by atoms with Crippen LogP contribution >= 0.6 is 0 Å². The highest BCUT2D eigenvalue weighted by Gasteiger charge is 2.45. The Bertz CT molecular complexity index is 1100. The minimum absolute atomic E-state index is 0.0599. The zero-order chi connectivity index (χ0) is 32.5. The molecule has 1 aliphatic rings. The number of carbonyl (C=O) groups is 4. The van der Waals surface area contributed by atoms with Gasteiger partial charge in [0.1, 0.15) is 54.0 Å². The zero-order valence-corrected chi connectivity index (χ0v) is 25.6. The minimum atomic E-state index is -1.68. The fourth-order valence-corrected chi connectivity index (χ4v) is 3.93. The van der Waals surface area contributed by atoms with Crippen molar-refractivity contribution in [2.75, 3.05) is 6.61 Å². The molecule has 14 nitrogen and oxygen atoms in total. The van der Waals surface area contributed by atoms with Gasteiger partial charge in [-0.15, -0.1) is 0 Å². The molecule has 0 radical (unpaired) electrons. The Morgan fingerprint density at radius 2 is 1.53 bits per heavy atom. The summed E-state index contributed by atoms with van der Waals surface area (Å²) in [4.78, 5) is 49.4. The Morgan fingerprint density at radius 3 is 2.09 bits per heavy atom. The van der Waals surface area contributed by atoms with E-state index in [0.717, 1.165) is 0 Å². The van der Waals surface area contributed by atoms with Crippen molar-refractivity contribution in [3.05, 3.63) is 29.8 Å². The van der Waals surface area contributed by atoms with Crippen LogP contribution in [-0.4, -0.2) is 93.9 Å². The first-order valence-corrected chi connectivity index (χ1v) is 14.0. The Kier molecular flexibility index (Phi) is 12.7. The molecule has 0 spiro atoms. The second-order valence-corrected chi connectivity index (χ2v) is 12.1. The highest BCUT2D eigenvalue weighted by atomic mass is 16.7. The van der Waals surface area contributed by atoms with Crippen LogP contribution in [0.5, 0.6) is 5.75 Å². The standard InChI is InChI=1S/C29H44N2O12/c1-8-9-20(32)31-21-23(34)22(33)19(41-25(21)36)15-39-24(35)18(30-26(37)42-28(2,3)4)14-16-10-12-17(13-11-16)40-27(38)43-29(5,6)7/h10-13,18-19,21-23,25,33-34,36H,8-9,14-15H2,1-7H3,(H,30,37)(H,31,32)/t18?,19-,21-,22-,23-,25?/m1/s1. The van der Waals surface area contributed by atoms with Crippen LogP contribution in [-0.2, 0) is 35.0 Å². The Morgan fingerprint density at radius 1 is 0.930 bits per heavy atom. The van der Waals surface area contributed by atoms with Crippen LogP contribution in [0.3, 0.4) is 0 Å². The maximum absolute atomic E-state index is 13.1. The third kappa shape index (κ3) is 12.4. The number of aliphatic hydroxyl groups excluding tert-OH is 3. The van der Waals surface area contributed by atoms with E-state index in [1.807, 2.05) is 0 Å². The van der Waals surface area contributed by atoms with Gasteiger partial charge in [0, 0.05) is 12.8 Å². The van der Waals surface area contributed by atoms with Gasteiger partial charge in [-0.25, -0.2) is 14.4 Å². The van der Waals surface area contributed by atoms with Crippen LogP contribution < -0.4 is 15.4 Å². The zero-order valence-electron chi connectivity index (χ0n) is 25.6. The summed E-state index contributed by atoms with van der Waals surface area (Å²) in [5.41, 5.74) is -1.03. The Balaban J connectivity index is 2.09. The number of hydrogen-bond donors (Lipinski definition) is 5. The number of aliphatic hydroxyl groups is 3.